The van der Waals surface area contributed by atoms with Gasteiger partial charge in [-0.15, -0.1) is 0 Å². The van der Waals surface area contributed by atoms with Crippen molar-refractivity contribution < 1.29 is 14.3 Å². The molecule has 0 heterocycles. The number of amides is 1. The minimum atomic E-state index is -0.545. The zero-order valence-corrected chi connectivity index (χ0v) is 13.1. The number of nitrogens with one attached hydrogen (secondary N) is 1. The molecule has 0 unspecified atom stereocenters. The molecule has 21 heavy (non-hydrogen) atoms. The van der Waals surface area contributed by atoms with Crippen molar-refractivity contribution >= 4 is 17.6 Å². The van der Waals surface area contributed by atoms with Crippen LogP contribution in [0.1, 0.15) is 31.1 Å². The maximum absolute atomic E-state index is 11.8. The van der Waals surface area contributed by atoms with Gasteiger partial charge >= 0.3 is 6.09 Å². The maximum atomic E-state index is 11.8. The first-order chi connectivity index (χ1) is 9.67. The average Bonchev–Trinajstić information content (AvgIpc) is 2.34. The van der Waals surface area contributed by atoms with E-state index in [0.717, 1.165) is 0 Å². The van der Waals surface area contributed by atoms with Crippen LogP contribution in [0.15, 0.2) is 36.5 Å². The molecule has 1 amide bonds. The summed E-state index contributed by atoms with van der Waals surface area (Å²) in [7, 11) is 3.69. The minimum Gasteiger partial charge on any atom is -0.444 e. The van der Waals surface area contributed by atoms with Gasteiger partial charge in [0.05, 0.1) is 0 Å². The van der Waals surface area contributed by atoms with Gasteiger partial charge in [-0.05, 0) is 45.0 Å². The zero-order chi connectivity index (χ0) is 16.0. The third-order valence-corrected chi connectivity index (χ3v) is 2.34. The topological polar surface area (TPSA) is 58.6 Å². The summed E-state index contributed by atoms with van der Waals surface area (Å²) >= 11 is 0. The van der Waals surface area contributed by atoms with Crippen LogP contribution in [-0.2, 0) is 4.74 Å². The summed E-state index contributed by atoms with van der Waals surface area (Å²) in [6, 6.07) is 6.66. The van der Waals surface area contributed by atoms with E-state index in [1.165, 1.54) is 6.08 Å². The molecule has 1 aromatic carbocycles. The Kier molecular flexibility index (Phi) is 5.52. The van der Waals surface area contributed by atoms with E-state index in [0.29, 0.717) is 11.3 Å². The molecule has 5 heteroatoms. The summed E-state index contributed by atoms with van der Waals surface area (Å²) in [5.74, 6) is -0.0903. The molecular formula is C16H22N2O3. The molecule has 0 aliphatic carbocycles. The van der Waals surface area contributed by atoms with Crippen LogP contribution >= 0.6 is 0 Å². The second-order valence-electron chi connectivity index (χ2n) is 5.85. The van der Waals surface area contributed by atoms with Gasteiger partial charge in [-0.25, -0.2) is 4.79 Å². The Morgan fingerprint density at radius 3 is 2.19 bits per heavy atom. The molecule has 1 aromatic rings. The van der Waals surface area contributed by atoms with E-state index >= 15 is 0 Å². The summed E-state index contributed by atoms with van der Waals surface area (Å²) < 4.78 is 5.15. The van der Waals surface area contributed by atoms with Crippen LogP contribution in [0.3, 0.4) is 0 Å². The first-order valence-electron chi connectivity index (χ1n) is 6.66. The second-order valence-corrected chi connectivity index (χ2v) is 5.85. The van der Waals surface area contributed by atoms with Gasteiger partial charge in [0.15, 0.2) is 5.78 Å². The molecule has 1 N–H and O–H groups in total. The van der Waals surface area contributed by atoms with E-state index in [1.54, 1.807) is 56.1 Å². The van der Waals surface area contributed by atoms with E-state index in [1.807, 2.05) is 14.1 Å². The smallest absolute Gasteiger partial charge is 0.412 e. The molecule has 0 spiro atoms. The van der Waals surface area contributed by atoms with Crippen LogP contribution in [-0.4, -0.2) is 36.5 Å². The number of nitrogens with zero attached hydrogens (tertiary/aromatic N) is 1. The van der Waals surface area contributed by atoms with Crippen LogP contribution in [0.5, 0.6) is 0 Å². The standard InChI is InChI=1S/C16H22N2O3/c1-16(2,3)21-15(20)17-13-8-6-12(7-9-13)14(19)10-11-18(4)5/h6-11H,1-5H3,(H,17,20). The quantitative estimate of drug-likeness (QED) is 0.683. The Morgan fingerprint density at radius 1 is 1.14 bits per heavy atom. The highest BCUT2D eigenvalue weighted by molar-refractivity contribution is 6.04. The molecule has 0 radical (unpaired) electrons. The normalized spacial score (nSPS) is 11.3. The predicted octanol–water partition coefficient (Wildman–Crippen LogP) is 3.29. The SMILES string of the molecule is CN(C)C=CC(=O)c1ccc(NC(=O)OC(C)(C)C)cc1. The highest BCUT2D eigenvalue weighted by Crippen LogP contribution is 2.13. The highest BCUT2D eigenvalue weighted by Gasteiger charge is 2.16. The van der Waals surface area contributed by atoms with Crippen molar-refractivity contribution in [3.8, 4) is 0 Å². The van der Waals surface area contributed by atoms with E-state index in [-0.39, 0.29) is 5.78 Å². The Balaban J connectivity index is 2.66. The van der Waals surface area contributed by atoms with Crippen molar-refractivity contribution in [2.75, 3.05) is 19.4 Å². The van der Waals surface area contributed by atoms with E-state index < -0.39 is 11.7 Å². The number of carbonyl (C=O) groups excluding carboxylic acids is 2. The van der Waals surface area contributed by atoms with E-state index in [9.17, 15) is 9.59 Å². The Hall–Kier alpha value is -2.30. The number of benzene rings is 1. The van der Waals surface area contributed by atoms with Gasteiger partial charge in [-0.1, -0.05) is 0 Å². The van der Waals surface area contributed by atoms with Gasteiger partial charge in [0.25, 0.3) is 0 Å². The van der Waals surface area contributed by atoms with Gasteiger partial charge in [0.2, 0.25) is 0 Å². The van der Waals surface area contributed by atoms with Crippen LogP contribution < -0.4 is 5.32 Å². The van der Waals surface area contributed by atoms with Gasteiger partial charge < -0.3 is 9.64 Å². The fraction of sp³-hybridized carbons (Fsp3) is 0.375. The summed E-state index contributed by atoms with van der Waals surface area (Å²) in [5.41, 5.74) is 0.594. The maximum Gasteiger partial charge on any atom is 0.412 e. The second kappa shape index (κ2) is 6.92. The lowest BCUT2D eigenvalue weighted by Gasteiger charge is -2.19. The summed E-state index contributed by atoms with van der Waals surface area (Å²) in [6.07, 6.45) is 2.67. The lowest BCUT2D eigenvalue weighted by molar-refractivity contribution is 0.0636. The minimum absolute atomic E-state index is 0.0903. The third-order valence-electron chi connectivity index (χ3n) is 2.34. The summed E-state index contributed by atoms with van der Waals surface area (Å²) in [6.45, 7) is 5.39. The van der Waals surface area contributed by atoms with Gasteiger partial charge in [-0.3, -0.25) is 10.1 Å². The first-order valence-corrected chi connectivity index (χ1v) is 6.66. The Bertz CT molecular complexity index is 525. The molecule has 0 atom stereocenters. The predicted molar refractivity (Wildman–Crippen MR) is 83.5 cm³/mol. The molecule has 0 aliphatic heterocycles. The van der Waals surface area contributed by atoms with E-state index in [4.69, 9.17) is 4.74 Å². The van der Waals surface area contributed by atoms with Crippen molar-refractivity contribution in [2.24, 2.45) is 0 Å². The van der Waals surface area contributed by atoms with Gasteiger partial charge in [0, 0.05) is 37.6 Å². The zero-order valence-electron chi connectivity index (χ0n) is 13.1. The fourth-order valence-electron chi connectivity index (χ4n) is 1.45. The molecule has 0 saturated heterocycles. The van der Waals surface area contributed by atoms with E-state index in [2.05, 4.69) is 5.32 Å². The highest BCUT2D eigenvalue weighted by atomic mass is 16.6. The Morgan fingerprint density at radius 2 is 1.71 bits per heavy atom. The number of hydrogen-bond acceptors (Lipinski definition) is 4. The van der Waals surface area contributed by atoms with Crippen molar-refractivity contribution in [3.63, 3.8) is 0 Å². The monoisotopic (exact) mass is 290 g/mol. The van der Waals surface area contributed by atoms with Crippen molar-refractivity contribution in [1.82, 2.24) is 4.90 Å². The lowest BCUT2D eigenvalue weighted by Crippen LogP contribution is -2.27. The molecule has 0 saturated carbocycles. The molecule has 0 bridgehead atoms. The lowest BCUT2D eigenvalue weighted by atomic mass is 10.1. The number of allylic oxidation sites excluding steroid dienone is 1. The molecule has 5 nitrogen and oxygen atoms in total. The summed E-state index contributed by atoms with van der Waals surface area (Å²) in [5, 5.41) is 2.62. The molecule has 1 rings (SSSR count). The van der Waals surface area contributed by atoms with Crippen LogP contribution in [0.2, 0.25) is 0 Å². The molecule has 0 aromatic heterocycles. The number of rotatable bonds is 4. The number of hydrogen-bond donors (Lipinski definition) is 1. The van der Waals surface area contributed by atoms with Crippen molar-refractivity contribution in [2.45, 2.75) is 26.4 Å². The number of anilines is 1. The summed E-state index contributed by atoms with van der Waals surface area (Å²) in [4.78, 5) is 25.2. The molecule has 0 aliphatic rings. The van der Waals surface area contributed by atoms with Crippen molar-refractivity contribution in [3.05, 3.63) is 42.1 Å². The third kappa shape index (κ3) is 6.61. The average molecular weight is 290 g/mol. The van der Waals surface area contributed by atoms with Crippen molar-refractivity contribution in [1.29, 1.82) is 0 Å². The fourth-order valence-corrected chi connectivity index (χ4v) is 1.45. The van der Waals surface area contributed by atoms with Crippen LogP contribution in [0.25, 0.3) is 0 Å². The number of ketones is 1. The Labute approximate surface area is 125 Å². The molecular weight excluding hydrogens is 268 g/mol. The largest absolute Gasteiger partial charge is 0.444 e. The molecule has 0 fully saturated rings. The van der Waals surface area contributed by atoms with Gasteiger partial charge in [-0.2, -0.15) is 0 Å². The first kappa shape index (κ1) is 16.8. The number of ether oxygens (including phenoxy) is 1. The molecule has 114 valence electrons. The number of carbonyl (C=O) groups is 2. The van der Waals surface area contributed by atoms with Gasteiger partial charge in [0.1, 0.15) is 5.60 Å². The van der Waals surface area contributed by atoms with Crippen LogP contribution in [0, 0.1) is 0 Å². The van der Waals surface area contributed by atoms with Crippen LogP contribution in [0.4, 0.5) is 10.5 Å².